The summed E-state index contributed by atoms with van der Waals surface area (Å²) in [5.74, 6) is -0.890. The van der Waals surface area contributed by atoms with E-state index in [-0.39, 0.29) is 23.8 Å². The molecule has 19 heavy (non-hydrogen) atoms. The first-order valence-corrected chi connectivity index (χ1v) is 6.32. The van der Waals surface area contributed by atoms with Crippen LogP contribution in [0.15, 0.2) is 18.2 Å². The summed E-state index contributed by atoms with van der Waals surface area (Å²) in [6.07, 6.45) is 2.05. The molecule has 1 amide bonds. The number of aryl methyl sites for hydroxylation is 1. The Bertz CT molecular complexity index is 492. The lowest BCUT2D eigenvalue weighted by molar-refractivity contribution is -0.132. The van der Waals surface area contributed by atoms with Gasteiger partial charge in [0, 0.05) is 13.1 Å². The molecule has 2 rings (SSSR count). The van der Waals surface area contributed by atoms with E-state index in [1.165, 1.54) is 6.07 Å². The van der Waals surface area contributed by atoms with Crippen LogP contribution in [-0.2, 0) is 4.79 Å². The molecule has 0 aromatic heterocycles. The van der Waals surface area contributed by atoms with E-state index in [0.29, 0.717) is 0 Å². The van der Waals surface area contributed by atoms with Gasteiger partial charge in [-0.25, -0.2) is 4.79 Å². The maximum absolute atomic E-state index is 11.8. The minimum Gasteiger partial charge on any atom is -0.483 e. The van der Waals surface area contributed by atoms with Crippen LogP contribution < -0.4 is 4.74 Å². The minimum absolute atomic E-state index is 0.0832. The Morgan fingerprint density at radius 2 is 2.00 bits per heavy atom. The summed E-state index contributed by atoms with van der Waals surface area (Å²) in [7, 11) is 0. The van der Waals surface area contributed by atoms with Gasteiger partial charge in [0.2, 0.25) is 0 Å². The van der Waals surface area contributed by atoms with Gasteiger partial charge in [0.05, 0.1) is 0 Å². The Labute approximate surface area is 111 Å². The van der Waals surface area contributed by atoms with E-state index >= 15 is 0 Å². The van der Waals surface area contributed by atoms with Crippen LogP contribution in [-0.4, -0.2) is 41.6 Å². The molecule has 0 unspecified atom stereocenters. The van der Waals surface area contributed by atoms with E-state index in [2.05, 4.69) is 0 Å². The molecular weight excluding hydrogens is 246 g/mol. The lowest BCUT2D eigenvalue weighted by Crippen LogP contribution is -2.32. The first-order chi connectivity index (χ1) is 9.08. The Hall–Kier alpha value is -2.04. The van der Waals surface area contributed by atoms with Gasteiger partial charge in [-0.1, -0.05) is 6.07 Å². The summed E-state index contributed by atoms with van der Waals surface area (Å²) in [6, 6.07) is 4.84. The highest BCUT2D eigenvalue weighted by Crippen LogP contribution is 2.20. The molecule has 1 aromatic rings. The van der Waals surface area contributed by atoms with E-state index in [1.807, 2.05) is 6.92 Å². The van der Waals surface area contributed by atoms with Gasteiger partial charge >= 0.3 is 5.97 Å². The summed E-state index contributed by atoms with van der Waals surface area (Å²) < 4.78 is 5.38. The Balaban J connectivity index is 2.04. The Morgan fingerprint density at radius 3 is 2.63 bits per heavy atom. The van der Waals surface area contributed by atoms with Crippen molar-refractivity contribution in [2.45, 2.75) is 19.8 Å². The maximum Gasteiger partial charge on any atom is 0.339 e. The number of benzene rings is 1. The molecular formula is C14H17NO4. The summed E-state index contributed by atoms with van der Waals surface area (Å²) in [5.41, 5.74) is 0.980. The largest absolute Gasteiger partial charge is 0.483 e. The number of carbonyl (C=O) groups is 2. The van der Waals surface area contributed by atoms with Crippen molar-refractivity contribution in [2.24, 2.45) is 0 Å². The Morgan fingerprint density at radius 1 is 1.32 bits per heavy atom. The summed E-state index contributed by atoms with van der Waals surface area (Å²) >= 11 is 0. The molecule has 5 nitrogen and oxygen atoms in total. The van der Waals surface area contributed by atoms with Crippen molar-refractivity contribution in [2.75, 3.05) is 19.7 Å². The van der Waals surface area contributed by atoms with Crippen LogP contribution >= 0.6 is 0 Å². The van der Waals surface area contributed by atoms with Crippen LogP contribution in [0.5, 0.6) is 5.75 Å². The van der Waals surface area contributed by atoms with Gasteiger partial charge in [-0.05, 0) is 37.5 Å². The number of nitrogens with zero attached hydrogens (tertiary/aromatic N) is 1. The molecule has 1 fully saturated rings. The second-order valence-corrected chi connectivity index (χ2v) is 4.68. The van der Waals surface area contributed by atoms with Crippen molar-refractivity contribution >= 4 is 11.9 Å². The maximum atomic E-state index is 11.8. The lowest BCUT2D eigenvalue weighted by atomic mass is 10.1. The highest BCUT2D eigenvalue weighted by Gasteiger charge is 2.19. The number of likely N-dealkylation sites (tertiary alicyclic amines) is 1. The van der Waals surface area contributed by atoms with E-state index in [9.17, 15) is 9.59 Å². The van der Waals surface area contributed by atoms with Gasteiger partial charge in [0.25, 0.3) is 5.91 Å². The molecule has 0 spiro atoms. The van der Waals surface area contributed by atoms with Gasteiger partial charge < -0.3 is 14.7 Å². The van der Waals surface area contributed by atoms with Crippen molar-refractivity contribution in [3.05, 3.63) is 29.3 Å². The second kappa shape index (κ2) is 5.73. The molecule has 0 atom stereocenters. The third kappa shape index (κ3) is 3.24. The van der Waals surface area contributed by atoms with E-state index in [1.54, 1.807) is 17.0 Å². The third-order valence-corrected chi connectivity index (χ3v) is 3.18. The van der Waals surface area contributed by atoms with Gasteiger partial charge in [-0.3, -0.25) is 4.79 Å². The first-order valence-electron chi connectivity index (χ1n) is 6.32. The van der Waals surface area contributed by atoms with E-state index < -0.39 is 5.97 Å². The van der Waals surface area contributed by atoms with Gasteiger partial charge in [-0.2, -0.15) is 0 Å². The summed E-state index contributed by atoms with van der Waals surface area (Å²) in [6.45, 7) is 3.27. The first kappa shape index (κ1) is 13.4. The highest BCUT2D eigenvalue weighted by atomic mass is 16.5. The number of rotatable bonds is 4. The SMILES string of the molecule is Cc1ccc(C(=O)O)c(OCC(=O)N2CCCC2)c1. The van der Waals surface area contributed by atoms with Gasteiger partial charge in [-0.15, -0.1) is 0 Å². The number of ether oxygens (including phenoxy) is 1. The molecule has 1 aromatic carbocycles. The number of carboxylic acids is 1. The van der Waals surface area contributed by atoms with Crippen LogP contribution in [0.4, 0.5) is 0 Å². The molecule has 1 aliphatic rings. The van der Waals surface area contributed by atoms with Crippen molar-refractivity contribution in [3.63, 3.8) is 0 Å². The van der Waals surface area contributed by atoms with Crippen molar-refractivity contribution < 1.29 is 19.4 Å². The zero-order valence-corrected chi connectivity index (χ0v) is 10.9. The predicted octanol–water partition coefficient (Wildman–Crippen LogP) is 1.69. The molecule has 0 bridgehead atoms. The topological polar surface area (TPSA) is 66.8 Å². The normalized spacial score (nSPS) is 14.5. The molecule has 1 heterocycles. The van der Waals surface area contributed by atoms with Crippen LogP contribution in [0.25, 0.3) is 0 Å². The third-order valence-electron chi connectivity index (χ3n) is 3.18. The zero-order valence-electron chi connectivity index (χ0n) is 10.9. The fourth-order valence-corrected chi connectivity index (χ4v) is 2.12. The predicted molar refractivity (Wildman–Crippen MR) is 69.4 cm³/mol. The number of amides is 1. The fraction of sp³-hybridized carbons (Fsp3) is 0.429. The molecule has 1 aliphatic heterocycles. The molecule has 102 valence electrons. The van der Waals surface area contributed by atoms with Crippen molar-refractivity contribution in [1.29, 1.82) is 0 Å². The number of carbonyl (C=O) groups excluding carboxylic acids is 1. The summed E-state index contributed by atoms with van der Waals surface area (Å²) in [5, 5.41) is 9.06. The minimum atomic E-state index is -1.05. The second-order valence-electron chi connectivity index (χ2n) is 4.68. The molecule has 0 saturated carbocycles. The number of hydrogen-bond donors (Lipinski definition) is 1. The van der Waals surface area contributed by atoms with Crippen LogP contribution in [0.3, 0.4) is 0 Å². The van der Waals surface area contributed by atoms with Crippen molar-refractivity contribution in [1.82, 2.24) is 4.90 Å². The molecule has 0 aliphatic carbocycles. The smallest absolute Gasteiger partial charge is 0.339 e. The van der Waals surface area contributed by atoms with Gasteiger partial charge in [0.15, 0.2) is 6.61 Å². The van der Waals surface area contributed by atoms with Crippen LogP contribution in [0.2, 0.25) is 0 Å². The number of hydrogen-bond acceptors (Lipinski definition) is 3. The highest BCUT2D eigenvalue weighted by molar-refractivity contribution is 5.91. The molecule has 1 saturated heterocycles. The van der Waals surface area contributed by atoms with E-state index in [4.69, 9.17) is 9.84 Å². The average Bonchev–Trinajstić information content (AvgIpc) is 2.89. The number of aromatic carboxylic acids is 1. The van der Waals surface area contributed by atoms with Crippen molar-refractivity contribution in [3.8, 4) is 5.75 Å². The summed E-state index contributed by atoms with van der Waals surface area (Å²) in [4.78, 5) is 24.6. The van der Waals surface area contributed by atoms with Crippen LogP contribution in [0.1, 0.15) is 28.8 Å². The van der Waals surface area contributed by atoms with E-state index in [0.717, 1.165) is 31.5 Å². The van der Waals surface area contributed by atoms with Gasteiger partial charge in [0.1, 0.15) is 11.3 Å². The fourth-order valence-electron chi connectivity index (χ4n) is 2.12. The number of carboxylic acid groups (broad SMARTS) is 1. The average molecular weight is 263 g/mol. The molecule has 5 heteroatoms. The Kier molecular flexibility index (Phi) is 4.04. The van der Waals surface area contributed by atoms with Crippen LogP contribution in [0, 0.1) is 6.92 Å². The quantitative estimate of drug-likeness (QED) is 0.897. The zero-order chi connectivity index (χ0) is 13.8. The monoisotopic (exact) mass is 263 g/mol. The standard InChI is InChI=1S/C14H17NO4/c1-10-4-5-11(14(17)18)12(8-10)19-9-13(16)15-6-2-3-7-15/h4-5,8H,2-3,6-7,9H2,1H3,(H,17,18). The lowest BCUT2D eigenvalue weighted by Gasteiger charge is -2.16. The molecule has 1 N–H and O–H groups in total. The molecule has 0 radical (unpaired) electrons.